The van der Waals surface area contributed by atoms with Gasteiger partial charge in [0.1, 0.15) is 5.82 Å². The molecule has 1 N–H and O–H groups in total. The van der Waals surface area contributed by atoms with E-state index in [1.807, 2.05) is 6.07 Å². The topological polar surface area (TPSA) is 39.7 Å². The minimum atomic E-state index is -0.152. The summed E-state index contributed by atoms with van der Waals surface area (Å²) in [5.74, 6) is -0.152. The first kappa shape index (κ1) is 18.4. The Labute approximate surface area is 155 Å². The molecular formula is C21H30FNO3. The Hall–Kier alpha value is -1.01. The highest BCUT2D eigenvalue weighted by atomic mass is 19.1. The van der Waals surface area contributed by atoms with Crippen molar-refractivity contribution in [3.8, 4) is 0 Å². The first-order valence-corrected chi connectivity index (χ1v) is 9.99. The van der Waals surface area contributed by atoms with Crippen LogP contribution < -0.4 is 5.32 Å². The number of ether oxygens (including phenoxy) is 3. The van der Waals surface area contributed by atoms with Gasteiger partial charge < -0.3 is 19.5 Å². The summed E-state index contributed by atoms with van der Waals surface area (Å²) in [6, 6.07) is 7.58. The van der Waals surface area contributed by atoms with Crippen molar-refractivity contribution < 1.29 is 18.6 Å². The van der Waals surface area contributed by atoms with Crippen molar-refractivity contribution in [1.82, 2.24) is 5.32 Å². The van der Waals surface area contributed by atoms with Gasteiger partial charge in [-0.2, -0.15) is 0 Å². The molecule has 144 valence electrons. The third-order valence-corrected chi connectivity index (χ3v) is 6.51. The highest BCUT2D eigenvalue weighted by molar-refractivity contribution is 5.27. The largest absolute Gasteiger partial charge is 0.381 e. The Bertz CT molecular complexity index is 591. The van der Waals surface area contributed by atoms with Crippen LogP contribution in [-0.4, -0.2) is 51.2 Å². The number of benzene rings is 1. The van der Waals surface area contributed by atoms with Crippen LogP contribution in [0.3, 0.4) is 0 Å². The summed E-state index contributed by atoms with van der Waals surface area (Å²) in [6.07, 6.45) is 5.95. The molecule has 4 rings (SSSR count). The molecule has 3 aliphatic heterocycles. The molecule has 0 unspecified atom stereocenters. The van der Waals surface area contributed by atoms with Crippen LogP contribution in [0, 0.1) is 5.82 Å². The van der Waals surface area contributed by atoms with Crippen molar-refractivity contribution in [1.29, 1.82) is 0 Å². The Morgan fingerprint density at radius 1 is 1.00 bits per heavy atom. The molecule has 0 bridgehead atoms. The van der Waals surface area contributed by atoms with Crippen molar-refractivity contribution in [2.24, 2.45) is 0 Å². The van der Waals surface area contributed by atoms with Crippen LogP contribution >= 0.6 is 0 Å². The van der Waals surface area contributed by atoms with Crippen LogP contribution in [0.5, 0.6) is 0 Å². The third-order valence-electron chi connectivity index (χ3n) is 6.51. The molecule has 0 aliphatic carbocycles. The van der Waals surface area contributed by atoms with Gasteiger partial charge in [0.2, 0.25) is 0 Å². The lowest BCUT2D eigenvalue weighted by Crippen LogP contribution is -2.52. The van der Waals surface area contributed by atoms with E-state index in [4.69, 9.17) is 14.2 Å². The zero-order valence-electron chi connectivity index (χ0n) is 15.5. The second-order valence-electron chi connectivity index (χ2n) is 8.12. The molecule has 0 aromatic heterocycles. The normalized spacial score (nSPS) is 28.1. The van der Waals surface area contributed by atoms with Gasteiger partial charge >= 0.3 is 0 Å². The minimum Gasteiger partial charge on any atom is -0.381 e. The highest BCUT2D eigenvalue weighted by Crippen LogP contribution is 2.37. The zero-order chi connectivity index (χ0) is 17.9. The molecule has 0 amide bonds. The van der Waals surface area contributed by atoms with Gasteiger partial charge in [0, 0.05) is 51.0 Å². The van der Waals surface area contributed by atoms with Gasteiger partial charge in [-0.1, -0.05) is 12.1 Å². The van der Waals surface area contributed by atoms with Crippen molar-refractivity contribution in [2.75, 3.05) is 39.6 Å². The second-order valence-corrected chi connectivity index (χ2v) is 8.12. The molecule has 3 saturated heterocycles. The maximum absolute atomic E-state index is 13.8. The van der Waals surface area contributed by atoms with Crippen molar-refractivity contribution in [3.63, 3.8) is 0 Å². The maximum Gasteiger partial charge on any atom is 0.123 e. The summed E-state index contributed by atoms with van der Waals surface area (Å²) in [5, 5.41) is 3.82. The lowest BCUT2D eigenvalue weighted by Gasteiger charge is -2.45. The number of rotatable bonds is 4. The summed E-state index contributed by atoms with van der Waals surface area (Å²) >= 11 is 0. The Balaban J connectivity index is 1.45. The fourth-order valence-corrected chi connectivity index (χ4v) is 4.78. The van der Waals surface area contributed by atoms with Crippen molar-refractivity contribution in [3.05, 3.63) is 35.6 Å². The minimum absolute atomic E-state index is 0.00411. The maximum atomic E-state index is 13.8. The Morgan fingerprint density at radius 2 is 1.73 bits per heavy atom. The first-order chi connectivity index (χ1) is 12.7. The second kappa shape index (κ2) is 7.93. The first-order valence-electron chi connectivity index (χ1n) is 9.99. The van der Waals surface area contributed by atoms with Gasteiger partial charge in [0.15, 0.2) is 0 Å². The van der Waals surface area contributed by atoms with Crippen LogP contribution in [0.1, 0.15) is 44.1 Å². The monoisotopic (exact) mass is 363 g/mol. The van der Waals surface area contributed by atoms with E-state index in [1.54, 1.807) is 6.07 Å². The van der Waals surface area contributed by atoms with Gasteiger partial charge in [-0.3, -0.25) is 0 Å². The summed E-state index contributed by atoms with van der Waals surface area (Å²) in [4.78, 5) is 0. The molecule has 3 fully saturated rings. The molecular weight excluding hydrogens is 333 g/mol. The van der Waals surface area contributed by atoms with Crippen LogP contribution in [0.2, 0.25) is 0 Å². The van der Waals surface area contributed by atoms with Gasteiger partial charge in [-0.25, -0.2) is 4.39 Å². The van der Waals surface area contributed by atoms with E-state index in [2.05, 4.69) is 11.4 Å². The van der Waals surface area contributed by atoms with E-state index >= 15 is 0 Å². The molecule has 4 nitrogen and oxygen atoms in total. The Kier molecular flexibility index (Phi) is 5.60. The van der Waals surface area contributed by atoms with E-state index in [0.29, 0.717) is 6.04 Å². The van der Waals surface area contributed by atoms with Crippen LogP contribution in [0.4, 0.5) is 4.39 Å². The van der Waals surface area contributed by atoms with E-state index in [0.717, 1.165) is 83.7 Å². The number of halogens is 1. The van der Waals surface area contributed by atoms with E-state index in [1.165, 1.54) is 6.07 Å². The molecule has 5 heteroatoms. The SMILES string of the molecule is Fc1cccc(C2(CN[C@@H]3CCOC4(CCOCC4)C3)CCOCC2)c1. The molecule has 1 aromatic rings. The summed E-state index contributed by atoms with van der Waals surface area (Å²) in [7, 11) is 0. The number of hydrogen-bond acceptors (Lipinski definition) is 4. The highest BCUT2D eigenvalue weighted by Gasteiger charge is 2.40. The molecule has 3 aliphatic rings. The van der Waals surface area contributed by atoms with Gasteiger partial charge in [0.05, 0.1) is 5.60 Å². The summed E-state index contributed by atoms with van der Waals surface area (Å²) in [5.41, 5.74) is 1.05. The fraction of sp³-hybridized carbons (Fsp3) is 0.714. The Morgan fingerprint density at radius 3 is 2.46 bits per heavy atom. The predicted molar refractivity (Wildman–Crippen MR) is 97.9 cm³/mol. The average Bonchev–Trinajstić information content (AvgIpc) is 2.68. The quantitative estimate of drug-likeness (QED) is 0.892. The van der Waals surface area contributed by atoms with Gasteiger partial charge in [0.25, 0.3) is 0 Å². The third kappa shape index (κ3) is 3.96. The van der Waals surface area contributed by atoms with Crippen molar-refractivity contribution in [2.45, 2.75) is 55.6 Å². The average molecular weight is 363 g/mol. The molecule has 1 atom stereocenters. The fourth-order valence-electron chi connectivity index (χ4n) is 4.78. The molecule has 0 radical (unpaired) electrons. The van der Waals surface area contributed by atoms with Crippen LogP contribution in [0.25, 0.3) is 0 Å². The lowest BCUT2D eigenvalue weighted by molar-refractivity contribution is -0.140. The molecule has 1 aromatic carbocycles. The smallest absolute Gasteiger partial charge is 0.123 e. The predicted octanol–water partition coefficient (Wildman–Crippen LogP) is 3.19. The molecule has 26 heavy (non-hydrogen) atoms. The lowest BCUT2D eigenvalue weighted by atomic mass is 9.73. The number of nitrogens with one attached hydrogen (secondary N) is 1. The van der Waals surface area contributed by atoms with Gasteiger partial charge in [-0.15, -0.1) is 0 Å². The summed E-state index contributed by atoms with van der Waals surface area (Å²) in [6.45, 7) is 4.78. The van der Waals surface area contributed by atoms with E-state index in [-0.39, 0.29) is 16.8 Å². The zero-order valence-corrected chi connectivity index (χ0v) is 15.5. The van der Waals surface area contributed by atoms with Crippen LogP contribution in [-0.2, 0) is 19.6 Å². The summed E-state index contributed by atoms with van der Waals surface area (Å²) < 4.78 is 31.1. The van der Waals surface area contributed by atoms with Crippen LogP contribution in [0.15, 0.2) is 24.3 Å². The standard InChI is InChI=1S/C21H30FNO3/c22-18-3-1-2-17(14-18)20(5-10-24-11-6-20)16-23-19-4-9-26-21(15-19)7-12-25-13-8-21/h1-3,14,19,23H,4-13,15-16H2/t19-/m1/s1. The van der Waals surface area contributed by atoms with Gasteiger partial charge in [-0.05, 0) is 56.2 Å². The molecule has 3 heterocycles. The molecule has 0 saturated carbocycles. The molecule has 1 spiro atoms. The number of hydrogen-bond donors (Lipinski definition) is 1. The van der Waals surface area contributed by atoms with Crippen molar-refractivity contribution >= 4 is 0 Å². The van der Waals surface area contributed by atoms with E-state index in [9.17, 15) is 4.39 Å². The van der Waals surface area contributed by atoms with E-state index < -0.39 is 0 Å².